The highest BCUT2D eigenvalue weighted by Gasteiger charge is 2.11. The Morgan fingerprint density at radius 3 is 2.60 bits per heavy atom. The zero-order chi connectivity index (χ0) is 17.8. The molecule has 130 valence electrons. The van der Waals surface area contributed by atoms with Crippen LogP contribution in [0.4, 0.5) is 5.69 Å². The molecule has 5 nitrogen and oxygen atoms in total. The number of methoxy groups -OCH3 is 1. The number of nitrogens with zero attached hydrogens (tertiary/aromatic N) is 1. The normalized spacial score (nSPS) is 10.7. The largest absolute Gasteiger partial charge is 0.497 e. The Labute approximate surface area is 147 Å². The van der Waals surface area contributed by atoms with Crippen LogP contribution in [-0.2, 0) is 17.8 Å². The molecule has 0 atom stereocenters. The van der Waals surface area contributed by atoms with Gasteiger partial charge in [0.25, 0.3) is 0 Å². The summed E-state index contributed by atoms with van der Waals surface area (Å²) in [6, 6.07) is 13.7. The number of hydrogen-bond donors (Lipinski definition) is 1. The number of carbonyl (C=O) groups excluding carboxylic acids is 1. The van der Waals surface area contributed by atoms with Crippen LogP contribution in [0.5, 0.6) is 5.75 Å². The van der Waals surface area contributed by atoms with Gasteiger partial charge in [0.15, 0.2) is 0 Å². The third-order valence-corrected chi connectivity index (χ3v) is 4.16. The van der Waals surface area contributed by atoms with Gasteiger partial charge in [0.1, 0.15) is 11.3 Å². The third kappa shape index (κ3) is 3.94. The molecule has 0 bridgehead atoms. The molecule has 25 heavy (non-hydrogen) atoms. The molecule has 0 fully saturated rings. The summed E-state index contributed by atoms with van der Waals surface area (Å²) in [5.74, 6) is 0.703. The number of anilines is 1. The summed E-state index contributed by atoms with van der Waals surface area (Å²) in [7, 11) is 5.62. The van der Waals surface area contributed by atoms with E-state index in [0.717, 1.165) is 33.5 Å². The predicted octanol–water partition coefficient (Wildman–Crippen LogP) is 3.37. The molecule has 0 spiro atoms. The molecule has 3 aromatic rings. The highest BCUT2D eigenvalue weighted by atomic mass is 16.5. The number of carbonyl (C=O) groups is 1. The van der Waals surface area contributed by atoms with E-state index in [1.165, 1.54) is 0 Å². The average Bonchev–Trinajstić information content (AvgIpc) is 3.02. The lowest BCUT2D eigenvalue weighted by Gasteiger charge is -2.12. The molecule has 1 heterocycles. The van der Waals surface area contributed by atoms with Crippen LogP contribution >= 0.6 is 0 Å². The second-order valence-corrected chi connectivity index (χ2v) is 6.14. The minimum Gasteiger partial charge on any atom is -0.497 e. The van der Waals surface area contributed by atoms with Crippen LogP contribution in [0, 0.1) is 0 Å². The first-order chi connectivity index (χ1) is 12.1. The van der Waals surface area contributed by atoms with Crippen LogP contribution in [0.25, 0.3) is 11.0 Å². The molecule has 0 aliphatic rings. The highest BCUT2D eigenvalue weighted by Crippen LogP contribution is 2.25. The van der Waals surface area contributed by atoms with Gasteiger partial charge in [0, 0.05) is 43.3 Å². The lowest BCUT2D eigenvalue weighted by molar-refractivity contribution is -0.120. The lowest BCUT2D eigenvalue weighted by atomic mass is 10.1. The van der Waals surface area contributed by atoms with Crippen LogP contribution in [-0.4, -0.2) is 27.1 Å². The molecular weight excluding hydrogens is 316 g/mol. The van der Waals surface area contributed by atoms with Crippen molar-refractivity contribution in [2.24, 2.45) is 0 Å². The lowest BCUT2D eigenvalue weighted by Crippen LogP contribution is -2.24. The molecule has 0 saturated carbocycles. The van der Waals surface area contributed by atoms with Gasteiger partial charge in [-0.3, -0.25) is 4.79 Å². The zero-order valence-electron chi connectivity index (χ0n) is 14.7. The van der Waals surface area contributed by atoms with E-state index in [1.54, 1.807) is 13.4 Å². The fourth-order valence-corrected chi connectivity index (χ4v) is 2.68. The summed E-state index contributed by atoms with van der Waals surface area (Å²) in [5, 5.41) is 3.89. The first kappa shape index (κ1) is 16.9. The van der Waals surface area contributed by atoms with Gasteiger partial charge in [-0.2, -0.15) is 0 Å². The molecule has 1 aromatic heterocycles. The molecule has 1 amide bonds. The van der Waals surface area contributed by atoms with Crippen LogP contribution in [0.3, 0.4) is 0 Å². The molecule has 0 saturated heterocycles. The number of benzene rings is 2. The monoisotopic (exact) mass is 338 g/mol. The Hall–Kier alpha value is -2.95. The average molecular weight is 338 g/mol. The molecule has 0 radical (unpaired) electrons. The van der Waals surface area contributed by atoms with E-state index in [4.69, 9.17) is 9.15 Å². The Morgan fingerprint density at radius 1 is 1.16 bits per heavy atom. The molecule has 0 aliphatic carbocycles. The van der Waals surface area contributed by atoms with Crippen molar-refractivity contribution >= 4 is 22.6 Å². The van der Waals surface area contributed by atoms with Gasteiger partial charge in [0.05, 0.1) is 19.8 Å². The van der Waals surface area contributed by atoms with Crippen LogP contribution in [0.2, 0.25) is 0 Å². The van der Waals surface area contributed by atoms with E-state index in [2.05, 4.69) is 5.32 Å². The van der Waals surface area contributed by atoms with Crippen LogP contribution < -0.4 is 15.0 Å². The van der Waals surface area contributed by atoms with Crippen LogP contribution in [0.1, 0.15) is 11.1 Å². The fraction of sp³-hybridized carbons (Fsp3) is 0.250. The first-order valence-electron chi connectivity index (χ1n) is 8.14. The van der Waals surface area contributed by atoms with Crippen molar-refractivity contribution in [3.8, 4) is 5.75 Å². The maximum atomic E-state index is 12.2. The number of hydrogen-bond acceptors (Lipinski definition) is 4. The van der Waals surface area contributed by atoms with Crippen molar-refractivity contribution < 1.29 is 13.9 Å². The predicted molar refractivity (Wildman–Crippen MR) is 99.1 cm³/mol. The number of nitrogens with one attached hydrogen (secondary N) is 1. The maximum Gasteiger partial charge on any atom is 0.224 e. The minimum absolute atomic E-state index is 0.0322. The summed E-state index contributed by atoms with van der Waals surface area (Å²) in [6.07, 6.45) is 1.92. The van der Waals surface area contributed by atoms with Crippen molar-refractivity contribution in [3.63, 3.8) is 0 Å². The molecule has 5 heteroatoms. The zero-order valence-corrected chi connectivity index (χ0v) is 14.7. The van der Waals surface area contributed by atoms with Gasteiger partial charge in [0.2, 0.25) is 5.91 Å². The topological polar surface area (TPSA) is 54.7 Å². The first-order valence-corrected chi connectivity index (χ1v) is 8.14. The highest BCUT2D eigenvalue weighted by molar-refractivity contribution is 5.88. The van der Waals surface area contributed by atoms with Crippen molar-refractivity contribution in [3.05, 3.63) is 59.9 Å². The Kier molecular flexibility index (Phi) is 4.93. The number of furan rings is 1. The van der Waals surface area contributed by atoms with Gasteiger partial charge in [-0.05, 0) is 29.8 Å². The van der Waals surface area contributed by atoms with Crippen molar-refractivity contribution in [2.45, 2.75) is 13.0 Å². The van der Waals surface area contributed by atoms with E-state index in [-0.39, 0.29) is 12.3 Å². The van der Waals surface area contributed by atoms with E-state index in [1.807, 2.05) is 61.5 Å². The summed E-state index contributed by atoms with van der Waals surface area (Å²) < 4.78 is 10.7. The number of ether oxygens (including phenoxy) is 1. The van der Waals surface area contributed by atoms with Gasteiger partial charge in [-0.15, -0.1) is 0 Å². The molecule has 0 unspecified atom stereocenters. The van der Waals surface area contributed by atoms with Gasteiger partial charge >= 0.3 is 0 Å². The maximum absolute atomic E-state index is 12.2. The van der Waals surface area contributed by atoms with Crippen LogP contribution in [0.15, 0.2) is 53.1 Å². The standard InChI is InChI=1S/C20H22N2O3/c1-22(2)16-6-4-14(5-7-16)12-21-20(23)10-15-13-25-19-11-17(24-3)8-9-18(15)19/h4-9,11,13H,10,12H2,1-3H3,(H,21,23). The Bertz CT molecular complexity index is 866. The van der Waals surface area contributed by atoms with Gasteiger partial charge in [-0.1, -0.05) is 12.1 Å². The fourth-order valence-electron chi connectivity index (χ4n) is 2.68. The summed E-state index contributed by atoms with van der Waals surface area (Å²) in [4.78, 5) is 14.3. The number of amides is 1. The van der Waals surface area contributed by atoms with E-state index >= 15 is 0 Å². The van der Waals surface area contributed by atoms with Crippen molar-refractivity contribution in [1.29, 1.82) is 0 Å². The number of fused-ring (bicyclic) bond motifs is 1. The Balaban J connectivity index is 1.61. The molecule has 3 rings (SSSR count). The van der Waals surface area contributed by atoms with Crippen molar-refractivity contribution in [1.82, 2.24) is 5.32 Å². The summed E-state index contributed by atoms with van der Waals surface area (Å²) >= 11 is 0. The van der Waals surface area contributed by atoms with Gasteiger partial charge < -0.3 is 19.4 Å². The van der Waals surface area contributed by atoms with E-state index in [0.29, 0.717) is 6.54 Å². The smallest absolute Gasteiger partial charge is 0.224 e. The van der Waals surface area contributed by atoms with E-state index < -0.39 is 0 Å². The van der Waals surface area contributed by atoms with Crippen molar-refractivity contribution in [2.75, 3.05) is 26.1 Å². The SMILES string of the molecule is COc1ccc2c(CC(=O)NCc3ccc(N(C)C)cc3)coc2c1. The molecule has 0 aliphatic heterocycles. The molecule has 2 aromatic carbocycles. The quantitative estimate of drug-likeness (QED) is 0.749. The summed E-state index contributed by atoms with van der Waals surface area (Å²) in [6.45, 7) is 0.510. The Morgan fingerprint density at radius 2 is 1.92 bits per heavy atom. The third-order valence-electron chi connectivity index (χ3n) is 4.16. The number of rotatable bonds is 6. The minimum atomic E-state index is -0.0322. The second-order valence-electron chi connectivity index (χ2n) is 6.14. The van der Waals surface area contributed by atoms with E-state index in [9.17, 15) is 4.79 Å². The molecular formula is C20H22N2O3. The molecule has 1 N–H and O–H groups in total. The summed E-state index contributed by atoms with van der Waals surface area (Å²) in [5.41, 5.74) is 3.80. The second kappa shape index (κ2) is 7.30. The van der Waals surface area contributed by atoms with Gasteiger partial charge in [-0.25, -0.2) is 0 Å².